The van der Waals surface area contributed by atoms with Crippen molar-refractivity contribution in [2.24, 2.45) is 0 Å². The highest BCUT2D eigenvalue weighted by molar-refractivity contribution is 7.89. The van der Waals surface area contributed by atoms with Gasteiger partial charge in [-0.25, -0.2) is 13.4 Å². The summed E-state index contributed by atoms with van der Waals surface area (Å²) in [5.41, 5.74) is 5.75. The molecule has 0 spiro atoms. The van der Waals surface area contributed by atoms with E-state index in [1.165, 1.54) is 23.6 Å². The fourth-order valence-corrected chi connectivity index (χ4v) is 2.42. The summed E-state index contributed by atoms with van der Waals surface area (Å²) >= 11 is 0. The normalized spacial score (nSPS) is 12.3. The Bertz CT molecular complexity index is 442. The first kappa shape index (κ1) is 11.9. The quantitative estimate of drug-likeness (QED) is 0.827. The molecule has 0 unspecified atom stereocenters. The number of nitrogen functional groups attached to an aromatic ring is 1. The zero-order valence-electron chi connectivity index (χ0n) is 9.01. The van der Waals surface area contributed by atoms with Crippen molar-refractivity contribution in [3.63, 3.8) is 0 Å². The van der Waals surface area contributed by atoms with Crippen LogP contribution in [0.1, 0.15) is 13.8 Å². The van der Waals surface area contributed by atoms with Gasteiger partial charge >= 0.3 is 0 Å². The lowest BCUT2D eigenvalue weighted by Crippen LogP contribution is -2.34. The number of sulfonamides is 1. The smallest absolute Gasteiger partial charge is 0.262 e. The molecule has 2 N–H and O–H groups in total. The van der Waals surface area contributed by atoms with Gasteiger partial charge in [0.25, 0.3) is 10.0 Å². The molecule has 0 bridgehead atoms. The van der Waals surface area contributed by atoms with Gasteiger partial charge in [0.1, 0.15) is 0 Å². The number of nitrogens with zero attached hydrogens (tertiary/aromatic N) is 2. The second-order valence-electron chi connectivity index (χ2n) is 3.51. The number of anilines is 1. The van der Waals surface area contributed by atoms with E-state index < -0.39 is 10.0 Å². The van der Waals surface area contributed by atoms with Crippen LogP contribution in [0.3, 0.4) is 0 Å². The molecule has 0 aromatic carbocycles. The average molecular weight is 229 g/mol. The van der Waals surface area contributed by atoms with Crippen molar-refractivity contribution in [2.45, 2.75) is 24.9 Å². The molecule has 1 aromatic heterocycles. The highest BCUT2D eigenvalue weighted by atomic mass is 32.2. The third-order valence-corrected chi connectivity index (χ3v) is 4.16. The maximum atomic E-state index is 12.0. The average Bonchev–Trinajstić information content (AvgIpc) is 2.16. The Hall–Kier alpha value is -1.14. The highest BCUT2D eigenvalue weighted by Crippen LogP contribution is 2.19. The van der Waals surface area contributed by atoms with Crippen molar-refractivity contribution in [1.82, 2.24) is 9.29 Å². The fraction of sp³-hybridized carbons (Fsp3) is 0.444. The van der Waals surface area contributed by atoms with E-state index in [1.807, 2.05) is 0 Å². The van der Waals surface area contributed by atoms with E-state index in [9.17, 15) is 8.42 Å². The topological polar surface area (TPSA) is 76.3 Å². The molecule has 0 aliphatic rings. The zero-order chi connectivity index (χ0) is 11.6. The molecule has 1 heterocycles. The molecule has 0 atom stereocenters. The second-order valence-corrected chi connectivity index (χ2v) is 5.43. The lowest BCUT2D eigenvalue weighted by molar-refractivity contribution is 0.409. The molecule has 15 heavy (non-hydrogen) atoms. The molecule has 0 amide bonds. The predicted molar refractivity (Wildman–Crippen MR) is 58.7 cm³/mol. The van der Waals surface area contributed by atoms with E-state index >= 15 is 0 Å². The Morgan fingerprint density at radius 2 is 2.07 bits per heavy atom. The molecule has 0 radical (unpaired) electrons. The first-order valence-corrected chi connectivity index (χ1v) is 6.00. The number of aromatic nitrogens is 1. The summed E-state index contributed by atoms with van der Waals surface area (Å²) in [6, 6.07) is 2.99. The van der Waals surface area contributed by atoms with Crippen LogP contribution in [0.2, 0.25) is 0 Å². The van der Waals surface area contributed by atoms with Crippen molar-refractivity contribution < 1.29 is 8.42 Å². The first-order chi connectivity index (χ1) is 6.87. The van der Waals surface area contributed by atoms with E-state index in [2.05, 4.69) is 4.98 Å². The second kappa shape index (κ2) is 4.16. The third-order valence-electron chi connectivity index (χ3n) is 2.15. The van der Waals surface area contributed by atoms with Crippen LogP contribution < -0.4 is 5.73 Å². The minimum atomic E-state index is -3.57. The van der Waals surface area contributed by atoms with Crippen LogP contribution in [0, 0.1) is 0 Å². The van der Waals surface area contributed by atoms with Gasteiger partial charge in [-0.3, -0.25) is 0 Å². The van der Waals surface area contributed by atoms with Gasteiger partial charge in [0.05, 0.1) is 5.69 Å². The molecule has 0 fully saturated rings. The Labute approximate surface area is 90.0 Å². The molecular formula is C9H15N3O2S. The Kier molecular flexibility index (Phi) is 3.31. The maximum absolute atomic E-state index is 12.0. The number of rotatable bonds is 3. The molecule has 1 aromatic rings. The van der Waals surface area contributed by atoms with Gasteiger partial charge < -0.3 is 5.73 Å². The minimum Gasteiger partial charge on any atom is -0.396 e. The van der Waals surface area contributed by atoms with Crippen LogP contribution in [0.5, 0.6) is 0 Å². The van der Waals surface area contributed by atoms with Gasteiger partial charge in [0.2, 0.25) is 0 Å². The van der Waals surface area contributed by atoms with Crippen molar-refractivity contribution in [1.29, 1.82) is 0 Å². The molecular weight excluding hydrogens is 214 g/mol. The molecule has 6 heteroatoms. The lowest BCUT2D eigenvalue weighted by Gasteiger charge is -2.20. The van der Waals surface area contributed by atoms with E-state index in [1.54, 1.807) is 19.9 Å². The first-order valence-electron chi connectivity index (χ1n) is 4.56. The summed E-state index contributed by atoms with van der Waals surface area (Å²) in [5.74, 6) is 0. The van der Waals surface area contributed by atoms with Gasteiger partial charge in [-0.05, 0) is 26.0 Å². The zero-order valence-corrected chi connectivity index (χ0v) is 9.82. The van der Waals surface area contributed by atoms with Crippen LogP contribution in [0.15, 0.2) is 23.4 Å². The van der Waals surface area contributed by atoms with Gasteiger partial charge in [-0.15, -0.1) is 0 Å². The van der Waals surface area contributed by atoms with Crippen molar-refractivity contribution >= 4 is 15.7 Å². The van der Waals surface area contributed by atoms with Crippen molar-refractivity contribution in [2.75, 3.05) is 12.8 Å². The Balaban J connectivity index is 3.24. The summed E-state index contributed by atoms with van der Waals surface area (Å²) in [5, 5.41) is -0.0822. The SMILES string of the molecule is CC(C)N(C)S(=O)(=O)c1ncccc1N. The van der Waals surface area contributed by atoms with Gasteiger partial charge in [0.15, 0.2) is 5.03 Å². The summed E-state index contributed by atoms with van der Waals surface area (Å²) in [6.45, 7) is 3.58. The lowest BCUT2D eigenvalue weighted by atomic mass is 10.4. The van der Waals surface area contributed by atoms with Crippen LogP contribution in [-0.2, 0) is 10.0 Å². The van der Waals surface area contributed by atoms with E-state index in [4.69, 9.17) is 5.73 Å². The summed E-state index contributed by atoms with van der Waals surface area (Å²) in [6.07, 6.45) is 1.41. The van der Waals surface area contributed by atoms with Gasteiger partial charge in [0, 0.05) is 19.3 Å². The summed E-state index contributed by atoms with van der Waals surface area (Å²) in [7, 11) is -2.06. The molecule has 0 aliphatic heterocycles. The van der Waals surface area contributed by atoms with Gasteiger partial charge in [-0.2, -0.15) is 4.31 Å². The highest BCUT2D eigenvalue weighted by Gasteiger charge is 2.26. The summed E-state index contributed by atoms with van der Waals surface area (Å²) < 4.78 is 25.2. The Morgan fingerprint density at radius 3 is 2.53 bits per heavy atom. The molecule has 84 valence electrons. The van der Waals surface area contributed by atoms with E-state index in [0.717, 1.165) is 0 Å². The van der Waals surface area contributed by atoms with Crippen molar-refractivity contribution in [3.8, 4) is 0 Å². The third kappa shape index (κ3) is 2.27. The minimum absolute atomic E-state index is 0.0822. The largest absolute Gasteiger partial charge is 0.396 e. The van der Waals surface area contributed by atoms with Crippen molar-refractivity contribution in [3.05, 3.63) is 18.3 Å². The maximum Gasteiger partial charge on any atom is 0.262 e. The standard InChI is InChI=1S/C9H15N3O2S/c1-7(2)12(3)15(13,14)9-8(10)5-4-6-11-9/h4-7H,10H2,1-3H3. The van der Waals surface area contributed by atoms with E-state index in [0.29, 0.717) is 0 Å². The number of hydrogen-bond donors (Lipinski definition) is 1. The molecule has 5 nitrogen and oxygen atoms in total. The van der Waals surface area contributed by atoms with Crippen LogP contribution in [0.4, 0.5) is 5.69 Å². The molecule has 0 aliphatic carbocycles. The number of pyridine rings is 1. The Morgan fingerprint density at radius 1 is 1.47 bits per heavy atom. The predicted octanol–water partition coefficient (Wildman–Crippen LogP) is 0.693. The molecule has 1 rings (SSSR count). The van der Waals surface area contributed by atoms with Crippen LogP contribution in [0.25, 0.3) is 0 Å². The van der Waals surface area contributed by atoms with Gasteiger partial charge in [-0.1, -0.05) is 0 Å². The van der Waals surface area contributed by atoms with E-state index in [-0.39, 0.29) is 16.8 Å². The molecule has 0 saturated heterocycles. The molecule has 0 saturated carbocycles. The fourth-order valence-electron chi connectivity index (χ4n) is 1.03. The van der Waals surface area contributed by atoms with Crippen LogP contribution in [-0.4, -0.2) is 30.8 Å². The number of hydrogen-bond acceptors (Lipinski definition) is 4. The number of nitrogens with two attached hydrogens (primary N) is 1. The van der Waals surface area contributed by atoms with Crippen LogP contribution >= 0.6 is 0 Å². The monoisotopic (exact) mass is 229 g/mol. The summed E-state index contributed by atoms with van der Waals surface area (Å²) in [4.78, 5) is 3.80.